The third kappa shape index (κ3) is 2.66. The molecule has 2 N–H and O–H groups in total. The maximum absolute atomic E-state index is 12.4. The molecule has 0 bridgehead atoms. The van der Waals surface area contributed by atoms with Crippen LogP contribution in [0, 0.1) is 5.92 Å². The lowest BCUT2D eigenvalue weighted by Gasteiger charge is -2.09. The van der Waals surface area contributed by atoms with Crippen molar-refractivity contribution in [2.24, 2.45) is 11.7 Å². The fourth-order valence-electron chi connectivity index (χ4n) is 2.95. The molecule has 1 aliphatic carbocycles. The minimum absolute atomic E-state index is 0.118. The first-order valence-corrected chi connectivity index (χ1v) is 7.19. The third-order valence-electron chi connectivity index (χ3n) is 4.12. The van der Waals surface area contributed by atoms with Gasteiger partial charge in [-0.15, -0.1) is 0 Å². The molecule has 0 spiro atoms. The lowest BCUT2D eigenvalue weighted by molar-refractivity contribution is 0.0922. The van der Waals surface area contributed by atoms with Crippen LogP contribution in [0.4, 0.5) is 0 Å². The van der Waals surface area contributed by atoms with Crippen LogP contribution in [0.3, 0.4) is 0 Å². The van der Waals surface area contributed by atoms with Crippen molar-refractivity contribution in [3.63, 3.8) is 0 Å². The summed E-state index contributed by atoms with van der Waals surface area (Å²) in [6.45, 7) is 0. The Labute approximate surface area is 119 Å². The number of Topliss-reactive ketones (excluding diaryl/α,β-unsaturated/α-hetero) is 1. The molecule has 20 heavy (non-hydrogen) atoms. The number of rotatable bonds is 3. The summed E-state index contributed by atoms with van der Waals surface area (Å²) in [6, 6.07) is 18.3. The van der Waals surface area contributed by atoms with Crippen LogP contribution in [-0.2, 0) is 0 Å². The predicted octanol–water partition coefficient (Wildman–Crippen LogP) is 3.66. The Kier molecular flexibility index (Phi) is 3.66. The van der Waals surface area contributed by atoms with E-state index < -0.39 is 0 Å². The van der Waals surface area contributed by atoms with Crippen molar-refractivity contribution in [1.29, 1.82) is 0 Å². The van der Waals surface area contributed by atoms with E-state index in [0.717, 1.165) is 30.4 Å². The normalized spacial score (nSPS) is 21.9. The number of ketones is 1. The van der Waals surface area contributed by atoms with Gasteiger partial charge < -0.3 is 5.73 Å². The minimum atomic E-state index is 0.118. The Balaban J connectivity index is 1.78. The smallest absolute Gasteiger partial charge is 0.166 e. The zero-order chi connectivity index (χ0) is 13.9. The van der Waals surface area contributed by atoms with E-state index >= 15 is 0 Å². The van der Waals surface area contributed by atoms with Crippen LogP contribution in [0.25, 0.3) is 11.1 Å². The van der Waals surface area contributed by atoms with Crippen LogP contribution in [0.15, 0.2) is 54.6 Å². The second-order valence-electron chi connectivity index (χ2n) is 5.58. The molecule has 2 aromatic carbocycles. The van der Waals surface area contributed by atoms with E-state index in [0.29, 0.717) is 0 Å². The Hall–Kier alpha value is -1.93. The summed E-state index contributed by atoms with van der Waals surface area (Å²) >= 11 is 0. The van der Waals surface area contributed by atoms with Crippen molar-refractivity contribution in [3.05, 3.63) is 60.2 Å². The zero-order valence-electron chi connectivity index (χ0n) is 11.5. The van der Waals surface area contributed by atoms with E-state index in [-0.39, 0.29) is 17.7 Å². The molecule has 2 heteroatoms. The fourth-order valence-corrected chi connectivity index (χ4v) is 2.95. The average Bonchev–Trinajstić information content (AvgIpc) is 2.94. The quantitative estimate of drug-likeness (QED) is 0.861. The summed E-state index contributed by atoms with van der Waals surface area (Å²) in [4.78, 5) is 12.4. The molecular weight excluding hydrogens is 246 g/mol. The lowest BCUT2D eigenvalue weighted by atomic mass is 9.94. The Morgan fingerprint density at radius 3 is 2.15 bits per heavy atom. The van der Waals surface area contributed by atoms with Gasteiger partial charge in [0.05, 0.1) is 0 Å². The van der Waals surface area contributed by atoms with Gasteiger partial charge in [-0.3, -0.25) is 4.79 Å². The summed E-state index contributed by atoms with van der Waals surface area (Å²) in [5.74, 6) is 0.366. The van der Waals surface area contributed by atoms with Gasteiger partial charge in [-0.25, -0.2) is 0 Å². The van der Waals surface area contributed by atoms with E-state index in [1.165, 1.54) is 5.56 Å². The third-order valence-corrected chi connectivity index (χ3v) is 4.12. The van der Waals surface area contributed by atoms with Gasteiger partial charge in [0, 0.05) is 17.5 Å². The molecule has 3 rings (SSSR count). The highest BCUT2D eigenvalue weighted by Crippen LogP contribution is 2.28. The topological polar surface area (TPSA) is 43.1 Å². The average molecular weight is 265 g/mol. The van der Waals surface area contributed by atoms with Crippen molar-refractivity contribution in [2.45, 2.75) is 25.3 Å². The number of hydrogen-bond donors (Lipinski definition) is 1. The first kappa shape index (κ1) is 13.1. The van der Waals surface area contributed by atoms with Gasteiger partial charge in [-0.1, -0.05) is 54.6 Å². The van der Waals surface area contributed by atoms with Crippen molar-refractivity contribution in [3.8, 4) is 11.1 Å². The van der Waals surface area contributed by atoms with E-state index in [2.05, 4.69) is 12.1 Å². The summed E-state index contributed by atoms with van der Waals surface area (Å²) in [6.07, 6.45) is 2.73. The number of carbonyl (C=O) groups excluding carboxylic acids is 1. The Bertz CT molecular complexity index is 589. The standard InChI is InChI=1S/C18H19NO/c19-17-11-10-16(12-17)18(20)15-8-6-14(7-9-15)13-4-2-1-3-5-13/h1-9,16-17H,10-12,19H2. The highest BCUT2D eigenvalue weighted by Gasteiger charge is 2.28. The van der Waals surface area contributed by atoms with Gasteiger partial charge in [0.2, 0.25) is 0 Å². The van der Waals surface area contributed by atoms with Crippen LogP contribution in [0.5, 0.6) is 0 Å². The van der Waals surface area contributed by atoms with Crippen LogP contribution in [0.1, 0.15) is 29.6 Å². The van der Waals surface area contributed by atoms with Gasteiger partial charge >= 0.3 is 0 Å². The Morgan fingerprint density at radius 2 is 1.55 bits per heavy atom. The van der Waals surface area contributed by atoms with E-state index in [9.17, 15) is 4.79 Å². The number of nitrogens with two attached hydrogens (primary N) is 1. The molecule has 2 aromatic rings. The van der Waals surface area contributed by atoms with Gasteiger partial charge in [0.1, 0.15) is 0 Å². The highest BCUT2D eigenvalue weighted by molar-refractivity contribution is 5.98. The van der Waals surface area contributed by atoms with Gasteiger partial charge in [-0.05, 0) is 30.4 Å². The maximum atomic E-state index is 12.4. The molecule has 0 heterocycles. The molecule has 2 unspecified atom stereocenters. The molecule has 0 radical (unpaired) electrons. The monoisotopic (exact) mass is 265 g/mol. The lowest BCUT2D eigenvalue weighted by Crippen LogP contribution is -2.18. The van der Waals surface area contributed by atoms with E-state index in [4.69, 9.17) is 5.73 Å². The molecule has 1 fully saturated rings. The first-order valence-electron chi connectivity index (χ1n) is 7.19. The molecule has 0 aromatic heterocycles. The highest BCUT2D eigenvalue weighted by atomic mass is 16.1. The van der Waals surface area contributed by atoms with Crippen LogP contribution in [-0.4, -0.2) is 11.8 Å². The zero-order valence-corrected chi connectivity index (χ0v) is 11.5. The second kappa shape index (κ2) is 5.59. The molecule has 0 saturated heterocycles. The van der Waals surface area contributed by atoms with Gasteiger partial charge in [0.15, 0.2) is 5.78 Å². The molecular formula is C18H19NO. The SMILES string of the molecule is NC1CCC(C(=O)c2ccc(-c3ccccc3)cc2)C1. The molecule has 2 atom stereocenters. The predicted molar refractivity (Wildman–Crippen MR) is 81.5 cm³/mol. The molecule has 2 nitrogen and oxygen atoms in total. The first-order chi connectivity index (χ1) is 9.74. The molecule has 1 saturated carbocycles. The second-order valence-corrected chi connectivity index (χ2v) is 5.58. The minimum Gasteiger partial charge on any atom is -0.328 e. The van der Waals surface area contributed by atoms with E-state index in [1.807, 2.05) is 42.5 Å². The van der Waals surface area contributed by atoms with Gasteiger partial charge in [-0.2, -0.15) is 0 Å². The van der Waals surface area contributed by atoms with Crippen molar-refractivity contribution in [2.75, 3.05) is 0 Å². The van der Waals surface area contributed by atoms with Crippen molar-refractivity contribution < 1.29 is 4.79 Å². The van der Waals surface area contributed by atoms with Crippen LogP contribution >= 0.6 is 0 Å². The largest absolute Gasteiger partial charge is 0.328 e. The summed E-state index contributed by atoms with van der Waals surface area (Å²) in [7, 11) is 0. The number of hydrogen-bond acceptors (Lipinski definition) is 2. The summed E-state index contributed by atoms with van der Waals surface area (Å²) < 4.78 is 0. The van der Waals surface area contributed by atoms with E-state index in [1.54, 1.807) is 0 Å². The van der Waals surface area contributed by atoms with Crippen LogP contribution < -0.4 is 5.73 Å². The van der Waals surface area contributed by atoms with Crippen molar-refractivity contribution in [1.82, 2.24) is 0 Å². The Morgan fingerprint density at radius 1 is 0.900 bits per heavy atom. The maximum Gasteiger partial charge on any atom is 0.166 e. The van der Waals surface area contributed by atoms with Crippen molar-refractivity contribution >= 4 is 5.78 Å². The fraction of sp³-hybridized carbons (Fsp3) is 0.278. The van der Waals surface area contributed by atoms with Crippen LogP contribution in [0.2, 0.25) is 0 Å². The number of carbonyl (C=O) groups is 1. The molecule has 0 amide bonds. The van der Waals surface area contributed by atoms with Gasteiger partial charge in [0.25, 0.3) is 0 Å². The summed E-state index contributed by atoms with van der Waals surface area (Å²) in [5.41, 5.74) is 9.02. The number of benzene rings is 2. The molecule has 1 aliphatic rings. The summed E-state index contributed by atoms with van der Waals surface area (Å²) in [5, 5.41) is 0. The molecule has 0 aliphatic heterocycles. The molecule has 102 valence electrons.